The molecule has 22 heavy (non-hydrogen) atoms. The summed E-state index contributed by atoms with van der Waals surface area (Å²) in [6, 6.07) is 6.93. The molecule has 114 valence electrons. The Hall–Kier alpha value is -2.96. The number of urea groups is 1. The van der Waals surface area contributed by atoms with Crippen LogP contribution in [0, 0.1) is 0 Å². The molecule has 2 aromatic rings. The number of benzene rings is 1. The summed E-state index contributed by atoms with van der Waals surface area (Å²) in [5.41, 5.74) is 8.02. The summed E-state index contributed by atoms with van der Waals surface area (Å²) in [5.74, 6) is -0.380. The van der Waals surface area contributed by atoms with Gasteiger partial charge in [-0.25, -0.2) is 4.79 Å². The number of carbonyl (C=O) groups excluding carboxylic acids is 2. The Morgan fingerprint density at radius 2 is 2.18 bits per heavy atom. The van der Waals surface area contributed by atoms with E-state index in [0.717, 1.165) is 16.5 Å². The number of amides is 2. The number of fused-ring (bicyclic) bond motifs is 3. The monoisotopic (exact) mass is 301 g/mol. The first-order chi connectivity index (χ1) is 10.6. The number of para-hydroxylation sites is 1. The molecule has 3 rings (SSSR count). The number of primary amides is 1. The molecule has 2 amide bonds. The molecular formula is C15H15N3O4. The van der Waals surface area contributed by atoms with Crippen molar-refractivity contribution in [3.05, 3.63) is 41.8 Å². The van der Waals surface area contributed by atoms with Crippen LogP contribution < -0.4 is 11.1 Å². The summed E-state index contributed by atoms with van der Waals surface area (Å²) in [5, 5.41) is 3.46. The lowest BCUT2D eigenvalue weighted by molar-refractivity contribution is -0.143. The second kappa shape index (κ2) is 5.44. The number of carbonyl (C=O) groups is 2. The van der Waals surface area contributed by atoms with Gasteiger partial charge in [-0.3, -0.25) is 4.79 Å². The van der Waals surface area contributed by atoms with Crippen molar-refractivity contribution in [3.63, 3.8) is 0 Å². The molecule has 1 aliphatic rings. The number of H-pyrrole nitrogens is 1. The molecule has 1 atom stereocenters. The van der Waals surface area contributed by atoms with Crippen molar-refractivity contribution in [1.29, 1.82) is 0 Å². The molecule has 0 radical (unpaired) electrons. The van der Waals surface area contributed by atoms with Gasteiger partial charge >= 0.3 is 12.0 Å². The number of methoxy groups -OCH3 is 1. The van der Waals surface area contributed by atoms with Crippen LogP contribution in [0.1, 0.15) is 23.8 Å². The molecule has 1 aromatic heterocycles. The number of aromatic nitrogens is 1. The zero-order valence-corrected chi connectivity index (χ0v) is 11.9. The Bertz CT molecular complexity index is 778. The minimum absolute atomic E-state index is 0.0661. The van der Waals surface area contributed by atoms with E-state index >= 15 is 0 Å². The standard InChI is InChI=1S/C15H15N3O4/c1-21-12(19)6-11-14-13(10(7-22-11)18-15(16)20)8-4-2-3-5-9(8)17-14/h2-5,7,11,17H,6H2,1H3,(H3,16,18,20). The summed E-state index contributed by atoms with van der Waals surface area (Å²) in [4.78, 5) is 25.9. The first-order valence-corrected chi connectivity index (χ1v) is 6.70. The average molecular weight is 301 g/mol. The Kier molecular flexibility index (Phi) is 3.46. The lowest BCUT2D eigenvalue weighted by Crippen LogP contribution is -2.30. The molecule has 0 fully saturated rings. The molecule has 0 spiro atoms. The van der Waals surface area contributed by atoms with Crippen LogP contribution in [-0.4, -0.2) is 24.1 Å². The first kappa shape index (κ1) is 14.0. The number of hydrogen-bond acceptors (Lipinski definition) is 4. The number of aromatic amines is 1. The molecule has 0 saturated carbocycles. The maximum atomic E-state index is 11.5. The second-order valence-electron chi connectivity index (χ2n) is 4.89. The molecule has 1 aromatic carbocycles. The van der Waals surface area contributed by atoms with Gasteiger partial charge in [-0.2, -0.15) is 0 Å². The normalized spacial score (nSPS) is 16.4. The topological polar surface area (TPSA) is 106 Å². The van der Waals surface area contributed by atoms with Crippen molar-refractivity contribution in [1.82, 2.24) is 10.3 Å². The summed E-state index contributed by atoms with van der Waals surface area (Å²) in [6.07, 6.45) is 0.964. The van der Waals surface area contributed by atoms with E-state index in [4.69, 9.17) is 15.2 Å². The third kappa shape index (κ3) is 2.37. The van der Waals surface area contributed by atoms with Crippen molar-refractivity contribution in [3.8, 4) is 0 Å². The number of esters is 1. The van der Waals surface area contributed by atoms with Gasteiger partial charge in [-0.15, -0.1) is 0 Å². The van der Waals surface area contributed by atoms with Gasteiger partial charge in [0.25, 0.3) is 0 Å². The van der Waals surface area contributed by atoms with E-state index < -0.39 is 12.1 Å². The largest absolute Gasteiger partial charge is 0.489 e. The Morgan fingerprint density at radius 3 is 2.91 bits per heavy atom. The highest BCUT2D eigenvalue weighted by Gasteiger charge is 2.29. The number of ether oxygens (including phenoxy) is 2. The van der Waals surface area contributed by atoms with Crippen LogP contribution in [0.15, 0.2) is 30.5 Å². The van der Waals surface area contributed by atoms with Crippen LogP contribution >= 0.6 is 0 Å². The van der Waals surface area contributed by atoms with E-state index in [0.29, 0.717) is 11.4 Å². The van der Waals surface area contributed by atoms with Crippen molar-refractivity contribution in [2.24, 2.45) is 5.73 Å². The van der Waals surface area contributed by atoms with Crippen LogP contribution in [0.3, 0.4) is 0 Å². The van der Waals surface area contributed by atoms with E-state index in [1.165, 1.54) is 13.4 Å². The highest BCUT2D eigenvalue weighted by molar-refractivity contribution is 5.97. The number of nitrogens with one attached hydrogen (secondary N) is 2. The van der Waals surface area contributed by atoms with Crippen molar-refractivity contribution in [2.75, 3.05) is 7.11 Å². The molecule has 1 unspecified atom stereocenters. The van der Waals surface area contributed by atoms with Crippen LogP contribution in [0.2, 0.25) is 0 Å². The van der Waals surface area contributed by atoms with Crippen LogP contribution in [0.25, 0.3) is 16.6 Å². The van der Waals surface area contributed by atoms with Crippen molar-refractivity contribution < 1.29 is 19.1 Å². The first-order valence-electron chi connectivity index (χ1n) is 6.70. The lowest BCUT2D eigenvalue weighted by Gasteiger charge is -2.23. The number of hydrogen-bond donors (Lipinski definition) is 3. The molecule has 1 aliphatic heterocycles. The summed E-state index contributed by atoms with van der Waals surface area (Å²) >= 11 is 0. The molecule has 7 heteroatoms. The van der Waals surface area contributed by atoms with Gasteiger partial charge in [0.2, 0.25) is 0 Å². The highest BCUT2D eigenvalue weighted by Crippen LogP contribution is 2.38. The number of nitrogens with two attached hydrogens (primary N) is 1. The van der Waals surface area contributed by atoms with Crippen molar-refractivity contribution in [2.45, 2.75) is 12.5 Å². The third-order valence-corrected chi connectivity index (χ3v) is 3.51. The molecule has 2 heterocycles. The minimum atomic E-state index is -0.683. The summed E-state index contributed by atoms with van der Waals surface area (Å²) in [7, 11) is 1.33. The highest BCUT2D eigenvalue weighted by atomic mass is 16.5. The van der Waals surface area contributed by atoms with Crippen LogP contribution in [-0.2, 0) is 14.3 Å². The maximum Gasteiger partial charge on any atom is 0.316 e. The average Bonchev–Trinajstić information content (AvgIpc) is 2.89. The molecule has 0 saturated heterocycles. The van der Waals surface area contributed by atoms with E-state index in [2.05, 4.69) is 10.3 Å². The molecule has 7 nitrogen and oxygen atoms in total. The van der Waals surface area contributed by atoms with Gasteiger partial charge in [0.05, 0.1) is 24.9 Å². The molecular weight excluding hydrogens is 286 g/mol. The molecule has 0 bridgehead atoms. The predicted molar refractivity (Wildman–Crippen MR) is 79.5 cm³/mol. The van der Waals surface area contributed by atoms with Gasteiger partial charge in [0.1, 0.15) is 12.4 Å². The zero-order chi connectivity index (χ0) is 15.7. The quantitative estimate of drug-likeness (QED) is 0.751. The smallest absolute Gasteiger partial charge is 0.316 e. The van der Waals surface area contributed by atoms with Gasteiger partial charge < -0.3 is 25.5 Å². The van der Waals surface area contributed by atoms with E-state index in [9.17, 15) is 9.59 Å². The number of rotatable bonds is 3. The van der Waals surface area contributed by atoms with Crippen LogP contribution in [0.4, 0.5) is 4.79 Å². The second-order valence-corrected chi connectivity index (χ2v) is 4.89. The maximum absolute atomic E-state index is 11.5. The van der Waals surface area contributed by atoms with Gasteiger partial charge in [0.15, 0.2) is 0 Å². The third-order valence-electron chi connectivity index (χ3n) is 3.51. The predicted octanol–water partition coefficient (Wildman–Crippen LogP) is 1.77. The zero-order valence-electron chi connectivity index (χ0n) is 11.9. The Labute approximate surface area is 126 Å². The summed E-state index contributed by atoms with van der Waals surface area (Å²) < 4.78 is 10.2. The SMILES string of the molecule is COC(=O)CC1OC=C(NC(N)=O)c2c1[nH]c1ccccc21. The molecule has 4 N–H and O–H groups in total. The Balaban J connectivity index is 2.09. The van der Waals surface area contributed by atoms with Gasteiger partial charge in [0, 0.05) is 16.5 Å². The fraction of sp³-hybridized carbons (Fsp3) is 0.200. The van der Waals surface area contributed by atoms with Crippen LogP contribution in [0.5, 0.6) is 0 Å². The fourth-order valence-corrected chi connectivity index (χ4v) is 2.58. The fourth-order valence-electron chi connectivity index (χ4n) is 2.58. The van der Waals surface area contributed by atoms with E-state index in [1.807, 2.05) is 24.3 Å². The minimum Gasteiger partial charge on any atom is -0.489 e. The Morgan fingerprint density at radius 1 is 1.41 bits per heavy atom. The van der Waals surface area contributed by atoms with Crippen molar-refractivity contribution >= 4 is 28.6 Å². The van der Waals surface area contributed by atoms with E-state index in [-0.39, 0.29) is 12.4 Å². The van der Waals surface area contributed by atoms with E-state index in [1.54, 1.807) is 0 Å². The lowest BCUT2D eigenvalue weighted by atomic mass is 10.0. The van der Waals surface area contributed by atoms with Gasteiger partial charge in [-0.05, 0) is 6.07 Å². The summed E-state index contributed by atoms with van der Waals surface area (Å²) in [6.45, 7) is 0. The molecule has 0 aliphatic carbocycles. The van der Waals surface area contributed by atoms with Gasteiger partial charge in [-0.1, -0.05) is 18.2 Å².